The first-order valence-corrected chi connectivity index (χ1v) is 18.8. The predicted molar refractivity (Wildman–Crippen MR) is 206 cm³/mol. The summed E-state index contributed by atoms with van der Waals surface area (Å²) >= 11 is 0. The van der Waals surface area contributed by atoms with Gasteiger partial charge in [-0.2, -0.15) is 0 Å². The quantitative estimate of drug-likeness (QED) is 0.206. The molecule has 0 radical (unpaired) electrons. The largest absolute Gasteiger partial charge is 0.444 e. The maximum atomic E-state index is 13.5. The van der Waals surface area contributed by atoms with Gasteiger partial charge in [-0.15, -0.1) is 0 Å². The van der Waals surface area contributed by atoms with Crippen molar-refractivity contribution < 1.29 is 19.1 Å². The van der Waals surface area contributed by atoms with E-state index in [4.69, 9.17) is 9.72 Å². The summed E-state index contributed by atoms with van der Waals surface area (Å²) in [5.41, 5.74) is 7.41. The van der Waals surface area contributed by atoms with Crippen LogP contribution in [0.2, 0.25) is 0 Å². The first-order valence-electron chi connectivity index (χ1n) is 18.8. The topological polar surface area (TPSA) is 151 Å². The summed E-state index contributed by atoms with van der Waals surface area (Å²) in [6.07, 6.45) is 5.77. The number of piperidine rings is 1. The average molecular weight is 727 g/mol. The number of fused-ring (bicyclic) bond motifs is 1. The molecule has 0 atom stereocenters. The van der Waals surface area contributed by atoms with Crippen LogP contribution in [-0.4, -0.2) is 138 Å². The minimum atomic E-state index is -0.518. The lowest BCUT2D eigenvalue weighted by atomic mass is 10.1. The maximum Gasteiger partial charge on any atom is 0.410 e. The molecule has 3 amide bonds. The number of imidazole rings is 1. The van der Waals surface area contributed by atoms with Gasteiger partial charge in [-0.05, 0) is 64.9 Å². The summed E-state index contributed by atoms with van der Waals surface area (Å²) in [6, 6.07) is 13.5. The second-order valence-corrected chi connectivity index (χ2v) is 14.9. The monoisotopic (exact) mass is 726 g/mol. The van der Waals surface area contributed by atoms with Crippen molar-refractivity contribution in [2.45, 2.75) is 52.1 Å². The number of amidine groups is 1. The van der Waals surface area contributed by atoms with Crippen molar-refractivity contribution in [3.63, 3.8) is 0 Å². The molecule has 0 bridgehead atoms. The van der Waals surface area contributed by atoms with Crippen LogP contribution < -0.4 is 16.1 Å². The van der Waals surface area contributed by atoms with Gasteiger partial charge in [0.1, 0.15) is 17.3 Å². The smallest absolute Gasteiger partial charge is 0.410 e. The summed E-state index contributed by atoms with van der Waals surface area (Å²) in [4.78, 5) is 57.5. The number of nitrogens with one attached hydrogen (secondary N) is 4. The number of hydrogen-bond acceptors (Lipinski definition) is 10. The number of H-pyrrole nitrogens is 1. The first kappa shape index (κ1) is 38.0. The van der Waals surface area contributed by atoms with E-state index in [1.807, 2.05) is 63.2 Å². The van der Waals surface area contributed by atoms with E-state index in [1.54, 1.807) is 23.0 Å². The van der Waals surface area contributed by atoms with Crippen LogP contribution in [0, 0.1) is 0 Å². The number of likely N-dealkylation sites (tertiary alicyclic amines) is 1. The molecule has 284 valence electrons. The van der Waals surface area contributed by atoms with Gasteiger partial charge < -0.3 is 30.2 Å². The Morgan fingerprint density at radius 2 is 1.64 bits per heavy atom. The van der Waals surface area contributed by atoms with Crippen molar-refractivity contribution in [1.82, 2.24) is 45.7 Å². The van der Waals surface area contributed by atoms with E-state index in [2.05, 4.69) is 35.8 Å². The number of hydrazine groups is 1. The zero-order valence-corrected chi connectivity index (χ0v) is 31.5. The van der Waals surface area contributed by atoms with Gasteiger partial charge in [0.15, 0.2) is 0 Å². The number of carbonyl (C=O) groups excluding carboxylic acids is 3. The molecule has 1 aromatic heterocycles. The molecule has 2 fully saturated rings. The minimum Gasteiger partial charge on any atom is -0.444 e. The highest BCUT2D eigenvalue weighted by Crippen LogP contribution is 2.23. The molecule has 14 nitrogen and oxygen atoms in total. The van der Waals surface area contributed by atoms with Gasteiger partial charge in [0.05, 0.1) is 24.1 Å². The SMILES string of the molecule is CNN(CCN1CCN(C(=O)OC(C)(C)C)CC1)C(=O)c1ccc2nc(-c3ccc(C4=NC/C(=C\CC(=O)NCCN5CCCCC5)N4)cc3)[nH]c2c1. The van der Waals surface area contributed by atoms with E-state index in [0.29, 0.717) is 57.1 Å². The van der Waals surface area contributed by atoms with Crippen LogP contribution in [-0.2, 0) is 9.53 Å². The number of aromatic nitrogens is 2. The van der Waals surface area contributed by atoms with Crippen LogP contribution in [0.1, 0.15) is 62.4 Å². The molecular weight excluding hydrogens is 672 g/mol. The lowest BCUT2D eigenvalue weighted by Crippen LogP contribution is -2.52. The molecule has 0 spiro atoms. The first-order chi connectivity index (χ1) is 25.5. The van der Waals surface area contributed by atoms with Crippen LogP contribution in [0.25, 0.3) is 22.4 Å². The predicted octanol–water partition coefficient (Wildman–Crippen LogP) is 3.59. The summed E-state index contributed by atoms with van der Waals surface area (Å²) < 4.78 is 5.50. The molecule has 3 aliphatic rings. The van der Waals surface area contributed by atoms with Gasteiger partial charge in [0.2, 0.25) is 5.91 Å². The molecule has 14 heteroatoms. The van der Waals surface area contributed by atoms with Gasteiger partial charge in [-0.3, -0.25) is 24.5 Å². The molecule has 53 heavy (non-hydrogen) atoms. The van der Waals surface area contributed by atoms with Crippen LogP contribution >= 0.6 is 0 Å². The molecule has 2 saturated heterocycles. The van der Waals surface area contributed by atoms with E-state index in [1.165, 1.54) is 19.3 Å². The Kier molecular flexibility index (Phi) is 12.4. The average Bonchev–Trinajstić information content (AvgIpc) is 3.82. The lowest BCUT2D eigenvalue weighted by molar-refractivity contribution is -0.120. The standard InChI is InChI=1S/C39H54N10O4/c1-39(2,3)53-38(52)48-23-20-47(21-24-48)22-25-49(40-4)37(51)30-12-14-32-33(26-30)45-36(44-32)29-10-8-28(9-11-29)35-42-27-31(43-35)13-15-34(50)41-16-19-46-17-6-5-7-18-46/h8-14,26,40H,5-7,15-25,27H2,1-4H3,(H,41,50)(H,42,43)(H,44,45)/b31-13+. The number of amides is 3. The van der Waals surface area contributed by atoms with Gasteiger partial charge in [-0.1, -0.05) is 36.8 Å². The summed E-state index contributed by atoms with van der Waals surface area (Å²) in [6.45, 7) is 13.8. The van der Waals surface area contributed by atoms with Crippen LogP contribution in [0.3, 0.4) is 0 Å². The normalized spacial score (nSPS) is 17.8. The Morgan fingerprint density at radius 1 is 0.925 bits per heavy atom. The minimum absolute atomic E-state index is 0.0272. The summed E-state index contributed by atoms with van der Waals surface area (Å²) in [5.74, 6) is 1.38. The number of benzene rings is 2. The summed E-state index contributed by atoms with van der Waals surface area (Å²) in [7, 11) is 1.75. The van der Waals surface area contributed by atoms with Crippen LogP contribution in [0.15, 0.2) is 59.2 Å². The highest BCUT2D eigenvalue weighted by Gasteiger charge is 2.26. The Labute approximate surface area is 312 Å². The maximum absolute atomic E-state index is 13.5. The van der Waals surface area contributed by atoms with E-state index < -0.39 is 5.60 Å². The van der Waals surface area contributed by atoms with Gasteiger partial charge >= 0.3 is 6.09 Å². The highest BCUT2D eigenvalue weighted by molar-refractivity contribution is 6.02. The molecule has 3 aromatic rings. The van der Waals surface area contributed by atoms with E-state index >= 15 is 0 Å². The van der Waals surface area contributed by atoms with Gasteiger partial charge in [0, 0.05) is 81.7 Å². The van der Waals surface area contributed by atoms with Crippen molar-refractivity contribution in [3.05, 3.63) is 65.4 Å². The van der Waals surface area contributed by atoms with Crippen molar-refractivity contribution >= 4 is 34.8 Å². The van der Waals surface area contributed by atoms with Crippen molar-refractivity contribution in [2.24, 2.45) is 4.99 Å². The van der Waals surface area contributed by atoms with Crippen LogP contribution in [0.4, 0.5) is 4.79 Å². The Bertz CT molecular complexity index is 1800. The number of aliphatic imine (C=N–C) groups is 1. The second-order valence-electron chi connectivity index (χ2n) is 14.9. The molecule has 4 N–H and O–H groups in total. The third-order valence-corrected chi connectivity index (χ3v) is 9.76. The zero-order chi connectivity index (χ0) is 37.4. The molecule has 4 heterocycles. The van der Waals surface area contributed by atoms with Crippen molar-refractivity contribution in [3.8, 4) is 11.4 Å². The number of carbonyl (C=O) groups is 3. The fraction of sp³-hybridized carbons (Fsp3) is 0.513. The van der Waals surface area contributed by atoms with Gasteiger partial charge in [-0.25, -0.2) is 15.2 Å². The number of hydrogen-bond donors (Lipinski definition) is 4. The number of rotatable bonds is 12. The number of aromatic amines is 1. The zero-order valence-electron chi connectivity index (χ0n) is 31.5. The van der Waals surface area contributed by atoms with E-state index in [9.17, 15) is 14.4 Å². The lowest BCUT2D eigenvalue weighted by Gasteiger charge is -2.36. The van der Waals surface area contributed by atoms with Crippen molar-refractivity contribution in [2.75, 3.05) is 79.0 Å². The Balaban J connectivity index is 0.975. The second kappa shape index (κ2) is 17.4. The Morgan fingerprint density at radius 3 is 2.36 bits per heavy atom. The Hall–Kier alpha value is -4.79. The van der Waals surface area contributed by atoms with Crippen LogP contribution in [0.5, 0.6) is 0 Å². The third kappa shape index (κ3) is 10.4. The fourth-order valence-corrected chi connectivity index (χ4v) is 6.76. The number of piperazine rings is 1. The fourth-order valence-electron chi connectivity index (χ4n) is 6.76. The molecule has 3 aliphatic heterocycles. The number of ether oxygens (including phenoxy) is 1. The van der Waals surface area contributed by atoms with E-state index in [-0.39, 0.29) is 17.9 Å². The third-order valence-electron chi connectivity index (χ3n) is 9.76. The molecule has 6 rings (SSSR count). The highest BCUT2D eigenvalue weighted by atomic mass is 16.6. The molecule has 0 aliphatic carbocycles. The molecule has 0 saturated carbocycles. The van der Waals surface area contributed by atoms with Crippen molar-refractivity contribution in [1.29, 1.82) is 0 Å². The molecule has 2 aromatic carbocycles. The van der Waals surface area contributed by atoms with Gasteiger partial charge in [0.25, 0.3) is 5.91 Å². The summed E-state index contributed by atoms with van der Waals surface area (Å²) in [5, 5.41) is 8.01. The molecular formula is C39H54N10O4. The molecule has 0 unspecified atom stereocenters. The van der Waals surface area contributed by atoms with E-state index in [0.717, 1.165) is 66.4 Å². The number of nitrogens with zero attached hydrogens (tertiary/aromatic N) is 6.